The summed E-state index contributed by atoms with van der Waals surface area (Å²) >= 11 is 1.19. The molecule has 48 heavy (non-hydrogen) atoms. The Balaban J connectivity index is 1.01. The van der Waals surface area contributed by atoms with Crippen molar-refractivity contribution in [3.05, 3.63) is 64.7 Å². The van der Waals surface area contributed by atoms with E-state index in [1.54, 1.807) is 12.1 Å². The summed E-state index contributed by atoms with van der Waals surface area (Å²) in [7, 11) is 1.37. The molecule has 2 fully saturated rings. The quantitative estimate of drug-likeness (QED) is 0.172. The molecule has 1 spiro atoms. The fourth-order valence-electron chi connectivity index (χ4n) is 6.71. The van der Waals surface area contributed by atoms with Crippen molar-refractivity contribution >= 4 is 39.2 Å². The van der Waals surface area contributed by atoms with Crippen LogP contribution in [0, 0.1) is 22.2 Å². The number of hydrogen-bond donors (Lipinski definition) is 1. The van der Waals surface area contributed by atoms with Gasteiger partial charge < -0.3 is 28.8 Å². The zero-order chi connectivity index (χ0) is 33.7. The lowest BCUT2D eigenvalue weighted by atomic mass is 9.69. The van der Waals surface area contributed by atoms with Gasteiger partial charge in [-0.1, -0.05) is 12.1 Å². The van der Waals surface area contributed by atoms with Crippen molar-refractivity contribution in [2.45, 2.75) is 58.0 Å². The van der Waals surface area contributed by atoms with Crippen LogP contribution in [0.4, 0.5) is 19.1 Å². The van der Waals surface area contributed by atoms with Crippen molar-refractivity contribution in [1.29, 1.82) is 5.26 Å². The van der Waals surface area contributed by atoms with Crippen LogP contribution in [-0.2, 0) is 13.2 Å². The Labute approximate surface area is 278 Å². The van der Waals surface area contributed by atoms with Gasteiger partial charge in [0.05, 0.1) is 24.4 Å². The first-order chi connectivity index (χ1) is 23.0. The molecule has 1 saturated heterocycles. The Bertz CT molecular complexity index is 1950. The summed E-state index contributed by atoms with van der Waals surface area (Å²) in [6, 6.07) is 13.4. The Hall–Kier alpha value is -4.77. The molecule has 4 aromatic rings. The van der Waals surface area contributed by atoms with Gasteiger partial charge in [-0.15, -0.1) is 24.5 Å². The highest BCUT2D eigenvalue weighted by molar-refractivity contribution is 7.20. The van der Waals surface area contributed by atoms with Gasteiger partial charge in [-0.3, -0.25) is 0 Å². The number of benzene rings is 1. The lowest BCUT2D eigenvalue weighted by Gasteiger charge is -2.52. The number of alkyl halides is 3. The van der Waals surface area contributed by atoms with E-state index < -0.39 is 12.3 Å². The number of methoxy groups -OCH3 is 1. The third kappa shape index (κ3) is 6.38. The van der Waals surface area contributed by atoms with Gasteiger partial charge in [0.15, 0.2) is 0 Å². The number of halogens is 3. The van der Waals surface area contributed by atoms with Crippen LogP contribution in [0.3, 0.4) is 0 Å². The zero-order valence-electron chi connectivity index (χ0n) is 26.0. The molecule has 3 aromatic heterocycles. The number of carboxylic acids is 1. The van der Waals surface area contributed by atoms with E-state index >= 15 is 0 Å². The number of hydrogen-bond acceptors (Lipinski definition) is 9. The summed E-state index contributed by atoms with van der Waals surface area (Å²) < 4.78 is 55.1. The first kappa shape index (κ1) is 31.8. The number of rotatable bonds is 11. The number of carboxylic acid groups (broad SMARTS) is 1. The monoisotopic (exact) mass is 679 g/mol. The van der Waals surface area contributed by atoms with Crippen LogP contribution >= 0.6 is 11.3 Å². The lowest BCUT2D eigenvalue weighted by Crippen LogP contribution is -2.57. The van der Waals surface area contributed by atoms with Gasteiger partial charge in [0.1, 0.15) is 27.8 Å². The summed E-state index contributed by atoms with van der Waals surface area (Å²) in [6.45, 7) is 2.38. The highest BCUT2D eigenvalue weighted by Gasteiger charge is 2.47. The van der Waals surface area contributed by atoms with Crippen molar-refractivity contribution < 1.29 is 37.3 Å². The third-order valence-corrected chi connectivity index (χ3v) is 10.5. The number of imidazole rings is 1. The van der Waals surface area contributed by atoms with Crippen LogP contribution in [0.5, 0.6) is 17.4 Å². The molecule has 0 amide bonds. The van der Waals surface area contributed by atoms with E-state index in [0.29, 0.717) is 29.2 Å². The predicted molar refractivity (Wildman–Crippen MR) is 171 cm³/mol. The topological polar surface area (TPSA) is 123 Å². The summed E-state index contributed by atoms with van der Waals surface area (Å²) in [4.78, 5) is 24.5. The second kappa shape index (κ2) is 12.0. The summed E-state index contributed by atoms with van der Waals surface area (Å²) in [5.41, 5.74) is 3.36. The fraction of sp³-hybridized carbons (Fsp3) is 0.412. The smallest absolute Gasteiger partial charge is 0.496 e. The largest absolute Gasteiger partial charge is 0.573 e. The average Bonchev–Trinajstić information content (AvgIpc) is 3.53. The number of aromatic nitrogens is 3. The number of anilines is 1. The molecule has 3 aliphatic rings. The molecule has 0 bridgehead atoms. The van der Waals surface area contributed by atoms with Crippen molar-refractivity contribution in [2.75, 3.05) is 25.1 Å². The van der Waals surface area contributed by atoms with Gasteiger partial charge in [-0.2, -0.15) is 5.26 Å². The molecule has 10 nitrogen and oxygen atoms in total. The molecule has 1 aliphatic heterocycles. The van der Waals surface area contributed by atoms with Crippen LogP contribution in [0.25, 0.3) is 15.9 Å². The maximum atomic E-state index is 12.6. The first-order valence-electron chi connectivity index (χ1n) is 15.5. The average molecular weight is 680 g/mol. The molecule has 14 heteroatoms. The van der Waals surface area contributed by atoms with Crippen LogP contribution in [0.1, 0.15) is 59.5 Å². The minimum absolute atomic E-state index is 0.0483. The van der Waals surface area contributed by atoms with E-state index in [9.17, 15) is 28.3 Å². The van der Waals surface area contributed by atoms with Gasteiger partial charge in [0.25, 0.3) is 0 Å². The number of fused-ring (bicyclic) bond motifs is 1. The van der Waals surface area contributed by atoms with Crippen LogP contribution in [-0.4, -0.2) is 52.2 Å². The van der Waals surface area contributed by atoms with E-state index in [-0.39, 0.29) is 33.8 Å². The van der Waals surface area contributed by atoms with E-state index in [0.717, 1.165) is 67.9 Å². The molecule has 1 aromatic carbocycles. The molecule has 250 valence electrons. The van der Waals surface area contributed by atoms with Gasteiger partial charge in [0, 0.05) is 54.6 Å². The van der Waals surface area contributed by atoms with Gasteiger partial charge in [0.2, 0.25) is 11.8 Å². The summed E-state index contributed by atoms with van der Waals surface area (Å²) in [5, 5.41) is 18.9. The predicted octanol–water partition coefficient (Wildman–Crippen LogP) is 7.44. The Morgan fingerprint density at radius 2 is 1.96 bits per heavy atom. The molecular weight excluding hydrogens is 647 g/mol. The maximum Gasteiger partial charge on any atom is 0.573 e. The molecular formula is C34H32F3N5O5S. The van der Waals surface area contributed by atoms with E-state index in [2.05, 4.69) is 26.3 Å². The number of nitrogens with zero attached hydrogens (tertiary/aromatic N) is 5. The normalized spacial score (nSPS) is 17.8. The van der Waals surface area contributed by atoms with Crippen LogP contribution in [0.2, 0.25) is 0 Å². The molecule has 1 N–H and O–H groups in total. The molecule has 0 radical (unpaired) electrons. The van der Waals surface area contributed by atoms with Gasteiger partial charge in [-0.25, -0.2) is 14.8 Å². The van der Waals surface area contributed by atoms with E-state index in [4.69, 9.17) is 19.4 Å². The van der Waals surface area contributed by atoms with Crippen molar-refractivity contribution in [3.63, 3.8) is 0 Å². The molecule has 4 heterocycles. The van der Waals surface area contributed by atoms with E-state index in [1.807, 2.05) is 12.1 Å². The fourth-order valence-corrected chi connectivity index (χ4v) is 7.58. The number of aromatic carboxylic acids is 1. The van der Waals surface area contributed by atoms with E-state index in [1.165, 1.54) is 36.6 Å². The lowest BCUT2D eigenvalue weighted by molar-refractivity contribution is -0.274. The number of allylic oxidation sites excluding steroid dienone is 2. The van der Waals surface area contributed by atoms with Gasteiger partial charge in [-0.05, 0) is 61.9 Å². The molecule has 1 saturated carbocycles. The Kier molecular flexibility index (Phi) is 7.98. The first-order valence-corrected chi connectivity index (χ1v) is 16.4. The Morgan fingerprint density at radius 3 is 2.62 bits per heavy atom. The highest BCUT2D eigenvalue weighted by atomic mass is 32.1. The standard InChI is InChI=1S/C34H32F3N5O5S/c1-45-26-15-23(47-34(35,36)37)6-5-22(26)17-46-28-4-2-3-24(39-28)21-7-9-33(10-8-21)18-41(19-33)31-40-29-25(16-27(48-29)30(43)44)42(31)20-32(11-12-32)13-14-38/h2-7,15-16H,8-13,17-20H2,1H3,(H,43,44). The van der Waals surface area contributed by atoms with Crippen molar-refractivity contribution in [1.82, 2.24) is 14.5 Å². The second-order valence-corrected chi connectivity index (χ2v) is 13.9. The molecule has 0 atom stereocenters. The number of pyridine rings is 1. The van der Waals surface area contributed by atoms with Crippen LogP contribution < -0.4 is 19.1 Å². The van der Waals surface area contributed by atoms with Crippen molar-refractivity contribution in [2.24, 2.45) is 10.8 Å². The number of ether oxygens (including phenoxy) is 3. The number of thiophene rings is 1. The zero-order valence-corrected chi connectivity index (χ0v) is 26.9. The number of nitriles is 1. The molecule has 7 rings (SSSR count). The summed E-state index contributed by atoms with van der Waals surface area (Å²) in [5.74, 6) is 0.120. The third-order valence-electron chi connectivity index (χ3n) is 9.50. The summed E-state index contributed by atoms with van der Waals surface area (Å²) in [6.07, 6.45) is 2.58. The van der Waals surface area contributed by atoms with Gasteiger partial charge >= 0.3 is 12.3 Å². The molecule has 0 unspecified atom stereocenters. The van der Waals surface area contributed by atoms with Crippen LogP contribution in [0.15, 0.2) is 48.5 Å². The Morgan fingerprint density at radius 1 is 1.15 bits per heavy atom. The maximum absolute atomic E-state index is 12.6. The second-order valence-electron chi connectivity index (χ2n) is 12.9. The SMILES string of the molecule is COc1cc(OC(F)(F)F)ccc1COc1cccc(C2=CCC3(CC2)CN(c2nc4sc(C(=O)O)cc4n2CC2(CC#N)CC2)C3)n1. The highest BCUT2D eigenvalue weighted by Crippen LogP contribution is 2.52. The van der Waals surface area contributed by atoms with Crippen molar-refractivity contribution in [3.8, 4) is 23.4 Å². The molecule has 2 aliphatic carbocycles. The minimum atomic E-state index is -4.80. The number of carbonyl (C=O) groups is 1. The minimum Gasteiger partial charge on any atom is -0.496 e.